The van der Waals surface area contributed by atoms with E-state index in [1.807, 2.05) is 0 Å². The summed E-state index contributed by atoms with van der Waals surface area (Å²) in [5.41, 5.74) is -1.89. The SMILES string of the molecule is CC(=O)Nc1ccc(C(=O)Cn2cccc(C(F)(F)F)c2=O)cc1. The molecular weight excluding hydrogens is 325 g/mol. The number of amides is 1. The van der Waals surface area contributed by atoms with Gasteiger partial charge in [0.15, 0.2) is 5.78 Å². The lowest BCUT2D eigenvalue weighted by Crippen LogP contribution is -2.30. The smallest absolute Gasteiger partial charge is 0.326 e. The molecule has 126 valence electrons. The average molecular weight is 338 g/mol. The number of pyridine rings is 1. The molecule has 5 nitrogen and oxygen atoms in total. The van der Waals surface area contributed by atoms with Gasteiger partial charge in [0.05, 0.1) is 6.54 Å². The molecule has 1 amide bonds. The van der Waals surface area contributed by atoms with Crippen LogP contribution in [0.4, 0.5) is 18.9 Å². The minimum absolute atomic E-state index is 0.216. The van der Waals surface area contributed by atoms with Crippen molar-refractivity contribution in [3.05, 3.63) is 64.1 Å². The van der Waals surface area contributed by atoms with Crippen molar-refractivity contribution >= 4 is 17.4 Å². The van der Waals surface area contributed by atoms with Gasteiger partial charge in [0.2, 0.25) is 5.91 Å². The predicted octanol–water partition coefficient (Wildman–Crippen LogP) is 2.71. The quantitative estimate of drug-likeness (QED) is 0.872. The molecule has 0 aliphatic carbocycles. The molecule has 1 aromatic carbocycles. The Labute approximate surface area is 134 Å². The average Bonchev–Trinajstić information content (AvgIpc) is 2.48. The molecule has 1 N–H and O–H groups in total. The number of carbonyl (C=O) groups excluding carboxylic acids is 2. The fourth-order valence-corrected chi connectivity index (χ4v) is 2.07. The van der Waals surface area contributed by atoms with Crippen molar-refractivity contribution in [3.63, 3.8) is 0 Å². The lowest BCUT2D eigenvalue weighted by atomic mass is 10.1. The van der Waals surface area contributed by atoms with E-state index < -0.39 is 29.6 Å². The number of nitrogens with zero attached hydrogens (tertiary/aromatic N) is 1. The predicted molar refractivity (Wildman–Crippen MR) is 80.8 cm³/mol. The van der Waals surface area contributed by atoms with Crippen LogP contribution in [0.2, 0.25) is 0 Å². The first-order chi connectivity index (χ1) is 11.2. The van der Waals surface area contributed by atoms with Crippen molar-refractivity contribution in [1.29, 1.82) is 0 Å². The zero-order chi connectivity index (χ0) is 17.9. The maximum atomic E-state index is 12.7. The number of Topliss-reactive ketones (excluding diaryl/α,β-unsaturated/α-hetero) is 1. The van der Waals surface area contributed by atoms with Gasteiger partial charge >= 0.3 is 6.18 Å². The fourth-order valence-electron chi connectivity index (χ4n) is 2.07. The van der Waals surface area contributed by atoms with E-state index in [0.717, 1.165) is 12.3 Å². The van der Waals surface area contributed by atoms with Crippen LogP contribution in [0, 0.1) is 0 Å². The second kappa shape index (κ2) is 6.69. The Kier molecular flexibility index (Phi) is 4.87. The van der Waals surface area contributed by atoms with Crippen LogP contribution in [0.3, 0.4) is 0 Å². The Bertz CT molecular complexity index is 824. The first-order valence-electron chi connectivity index (χ1n) is 6.86. The van der Waals surface area contributed by atoms with Crippen molar-refractivity contribution < 1.29 is 22.8 Å². The third-order valence-electron chi connectivity index (χ3n) is 3.17. The van der Waals surface area contributed by atoms with Gasteiger partial charge in [-0.05, 0) is 36.4 Å². The monoisotopic (exact) mass is 338 g/mol. The van der Waals surface area contributed by atoms with Crippen molar-refractivity contribution in [2.24, 2.45) is 0 Å². The second-order valence-electron chi connectivity index (χ2n) is 5.03. The molecule has 0 bridgehead atoms. The molecule has 0 saturated carbocycles. The highest BCUT2D eigenvalue weighted by Crippen LogP contribution is 2.26. The van der Waals surface area contributed by atoms with Gasteiger partial charge in [0.25, 0.3) is 5.56 Å². The van der Waals surface area contributed by atoms with Crippen LogP contribution < -0.4 is 10.9 Å². The van der Waals surface area contributed by atoms with Gasteiger partial charge in [-0.25, -0.2) is 0 Å². The topological polar surface area (TPSA) is 68.2 Å². The molecule has 2 rings (SSSR count). The van der Waals surface area contributed by atoms with E-state index >= 15 is 0 Å². The molecule has 24 heavy (non-hydrogen) atoms. The summed E-state index contributed by atoms with van der Waals surface area (Å²) in [6, 6.07) is 7.56. The van der Waals surface area contributed by atoms with Crippen LogP contribution in [0.1, 0.15) is 22.8 Å². The zero-order valence-corrected chi connectivity index (χ0v) is 12.6. The number of hydrogen-bond acceptors (Lipinski definition) is 3. The summed E-state index contributed by atoms with van der Waals surface area (Å²) in [7, 11) is 0. The molecule has 0 saturated heterocycles. The summed E-state index contributed by atoms with van der Waals surface area (Å²) >= 11 is 0. The minimum atomic E-state index is -4.77. The van der Waals surface area contributed by atoms with E-state index in [2.05, 4.69) is 5.32 Å². The van der Waals surface area contributed by atoms with Crippen molar-refractivity contribution in [1.82, 2.24) is 4.57 Å². The second-order valence-corrected chi connectivity index (χ2v) is 5.03. The standard InChI is InChI=1S/C16H13F3N2O3/c1-10(22)20-12-6-4-11(5-7-12)14(23)9-21-8-2-3-13(15(21)24)16(17,18)19/h2-8H,9H2,1H3,(H,20,22). The zero-order valence-electron chi connectivity index (χ0n) is 12.6. The van der Waals surface area contributed by atoms with E-state index in [0.29, 0.717) is 16.3 Å². The van der Waals surface area contributed by atoms with Gasteiger partial charge in [0.1, 0.15) is 5.56 Å². The molecule has 8 heteroatoms. The maximum Gasteiger partial charge on any atom is 0.421 e. The summed E-state index contributed by atoms with van der Waals surface area (Å²) in [4.78, 5) is 34.8. The summed E-state index contributed by atoms with van der Waals surface area (Å²) in [6.45, 7) is 0.821. The summed E-state index contributed by atoms with van der Waals surface area (Å²) in [6.07, 6.45) is -3.65. The van der Waals surface area contributed by atoms with Gasteiger partial charge in [-0.2, -0.15) is 13.2 Å². The molecule has 2 aromatic rings. The number of nitrogens with one attached hydrogen (secondary N) is 1. The molecule has 1 aromatic heterocycles. The molecule has 0 atom stereocenters. The molecule has 1 heterocycles. The number of halogens is 3. The van der Waals surface area contributed by atoms with Gasteiger partial charge in [-0.15, -0.1) is 0 Å². The van der Waals surface area contributed by atoms with E-state index in [9.17, 15) is 27.6 Å². The third-order valence-corrected chi connectivity index (χ3v) is 3.17. The van der Waals surface area contributed by atoms with Crippen LogP contribution >= 0.6 is 0 Å². The van der Waals surface area contributed by atoms with Gasteiger partial charge in [0, 0.05) is 24.4 Å². The fraction of sp³-hybridized carbons (Fsp3) is 0.188. The molecular formula is C16H13F3N2O3. The van der Waals surface area contributed by atoms with Crippen LogP contribution in [0.5, 0.6) is 0 Å². The first-order valence-corrected chi connectivity index (χ1v) is 6.86. The van der Waals surface area contributed by atoms with Gasteiger partial charge < -0.3 is 9.88 Å². The van der Waals surface area contributed by atoms with Crippen molar-refractivity contribution in [3.8, 4) is 0 Å². The van der Waals surface area contributed by atoms with Crippen LogP contribution in [-0.2, 0) is 17.5 Å². The number of benzene rings is 1. The summed E-state index contributed by atoms with van der Waals surface area (Å²) < 4.78 is 38.8. The molecule has 0 radical (unpaired) electrons. The molecule has 0 unspecified atom stereocenters. The molecule has 0 aliphatic heterocycles. The number of carbonyl (C=O) groups is 2. The minimum Gasteiger partial charge on any atom is -0.326 e. The van der Waals surface area contributed by atoms with E-state index in [4.69, 9.17) is 0 Å². The molecule has 0 spiro atoms. The van der Waals surface area contributed by atoms with Crippen LogP contribution in [-0.4, -0.2) is 16.3 Å². The number of ketones is 1. The Hall–Kier alpha value is -2.90. The lowest BCUT2D eigenvalue weighted by Gasteiger charge is -2.10. The molecule has 0 aliphatic rings. The van der Waals surface area contributed by atoms with Crippen LogP contribution in [0.25, 0.3) is 0 Å². The van der Waals surface area contributed by atoms with E-state index in [1.54, 1.807) is 0 Å². The summed E-state index contributed by atoms with van der Waals surface area (Å²) in [5, 5.41) is 2.52. The normalized spacial score (nSPS) is 11.2. The van der Waals surface area contributed by atoms with E-state index in [1.165, 1.54) is 31.2 Å². The Morgan fingerprint density at radius 2 is 1.75 bits per heavy atom. The molecule has 0 fully saturated rings. The first kappa shape index (κ1) is 17.5. The highest BCUT2D eigenvalue weighted by Gasteiger charge is 2.34. The van der Waals surface area contributed by atoms with Crippen molar-refractivity contribution in [2.45, 2.75) is 19.6 Å². The highest BCUT2D eigenvalue weighted by molar-refractivity contribution is 5.96. The largest absolute Gasteiger partial charge is 0.421 e. The number of rotatable bonds is 4. The number of aromatic nitrogens is 1. The van der Waals surface area contributed by atoms with Crippen LogP contribution in [0.15, 0.2) is 47.4 Å². The highest BCUT2D eigenvalue weighted by atomic mass is 19.4. The van der Waals surface area contributed by atoms with E-state index in [-0.39, 0.29) is 11.5 Å². The number of alkyl halides is 3. The van der Waals surface area contributed by atoms with Gasteiger partial charge in [-0.3, -0.25) is 14.4 Å². The maximum absolute atomic E-state index is 12.7. The number of anilines is 1. The Balaban J connectivity index is 2.21. The third kappa shape index (κ3) is 4.09. The summed E-state index contributed by atoms with van der Waals surface area (Å²) in [5.74, 6) is -0.796. The Morgan fingerprint density at radius 1 is 1.12 bits per heavy atom. The number of hydrogen-bond donors (Lipinski definition) is 1. The van der Waals surface area contributed by atoms with Gasteiger partial charge in [-0.1, -0.05) is 0 Å². The Morgan fingerprint density at radius 3 is 2.29 bits per heavy atom. The lowest BCUT2D eigenvalue weighted by molar-refractivity contribution is -0.139. The van der Waals surface area contributed by atoms with Crippen molar-refractivity contribution in [2.75, 3.05) is 5.32 Å².